The van der Waals surface area contributed by atoms with Crippen molar-refractivity contribution < 1.29 is 27.4 Å². The lowest BCUT2D eigenvalue weighted by atomic mass is 9.92. The molecule has 2 atom stereocenters. The minimum Gasteiger partial charge on any atom is -0.474 e. The minimum atomic E-state index is -4.69. The molecule has 0 aromatic rings. The van der Waals surface area contributed by atoms with Gasteiger partial charge in [-0.2, -0.15) is 13.2 Å². The van der Waals surface area contributed by atoms with Crippen molar-refractivity contribution >= 4 is 35.1 Å². The second kappa shape index (κ2) is 7.49. The van der Waals surface area contributed by atoms with E-state index in [1.54, 1.807) is 0 Å². The number of rotatable bonds is 2. The number of carbonyl (C=O) groups is 1. The Bertz CT molecular complexity index is 554. The van der Waals surface area contributed by atoms with E-state index in [-0.39, 0.29) is 11.9 Å². The zero-order valence-electron chi connectivity index (χ0n) is 12.8. The maximum absolute atomic E-state index is 13.2. The van der Waals surface area contributed by atoms with Crippen molar-refractivity contribution in [2.45, 2.75) is 48.3 Å². The summed E-state index contributed by atoms with van der Waals surface area (Å²) in [6, 6.07) is -0.181. The second-order valence-electron chi connectivity index (χ2n) is 5.68. The van der Waals surface area contributed by atoms with Gasteiger partial charge in [0, 0.05) is 6.04 Å². The maximum Gasteiger partial charge on any atom is 0.413 e. The maximum atomic E-state index is 13.2. The molecule has 0 saturated heterocycles. The van der Waals surface area contributed by atoms with Gasteiger partial charge in [-0.3, -0.25) is 4.99 Å². The van der Waals surface area contributed by atoms with Crippen LogP contribution in [0.3, 0.4) is 0 Å². The van der Waals surface area contributed by atoms with Gasteiger partial charge in [-0.1, -0.05) is 0 Å². The molecule has 0 aromatic heterocycles. The van der Waals surface area contributed by atoms with Crippen LogP contribution in [0.5, 0.6) is 0 Å². The van der Waals surface area contributed by atoms with Crippen molar-refractivity contribution in [3.8, 4) is 0 Å². The first kappa shape index (κ1) is 19.3. The molecule has 10 heteroatoms. The van der Waals surface area contributed by atoms with E-state index in [1.165, 1.54) is 0 Å². The fraction of sp³-hybridized carbons (Fsp3) is 0.714. The van der Waals surface area contributed by atoms with E-state index >= 15 is 0 Å². The number of esters is 1. The Kier molecular flexibility index (Phi) is 6.04. The van der Waals surface area contributed by atoms with Gasteiger partial charge in [-0.25, -0.2) is 4.79 Å². The molecular formula is C14H17Cl2F3N2O3. The molecule has 0 amide bonds. The summed E-state index contributed by atoms with van der Waals surface area (Å²) in [7, 11) is 1.01. The number of nitrogens with two attached hydrogens (primary N) is 1. The van der Waals surface area contributed by atoms with E-state index < -0.39 is 53.1 Å². The van der Waals surface area contributed by atoms with Gasteiger partial charge in [-0.05, 0) is 12.8 Å². The molecule has 24 heavy (non-hydrogen) atoms. The molecule has 2 N–H and O–H groups in total. The fourth-order valence-corrected chi connectivity index (χ4v) is 3.70. The van der Waals surface area contributed by atoms with Gasteiger partial charge in [-0.15, -0.1) is 23.2 Å². The Morgan fingerprint density at radius 3 is 2.38 bits per heavy atom. The number of hydrogen-bond acceptors (Lipinski definition) is 5. The van der Waals surface area contributed by atoms with Crippen molar-refractivity contribution in [2.24, 2.45) is 10.7 Å². The number of alkyl halides is 5. The first-order valence-corrected chi connectivity index (χ1v) is 8.12. The normalized spacial score (nSPS) is 31.5. The van der Waals surface area contributed by atoms with Crippen LogP contribution in [0.1, 0.15) is 19.3 Å². The molecule has 1 saturated carbocycles. The predicted molar refractivity (Wildman–Crippen MR) is 83.4 cm³/mol. The highest BCUT2D eigenvalue weighted by atomic mass is 35.5. The molecule has 1 aliphatic heterocycles. The smallest absolute Gasteiger partial charge is 0.413 e. The van der Waals surface area contributed by atoms with Crippen LogP contribution in [0, 0.1) is 0 Å². The van der Waals surface area contributed by atoms with E-state index in [0.29, 0.717) is 12.8 Å². The highest BCUT2D eigenvalue weighted by Crippen LogP contribution is 2.36. The number of dihydropyridines is 1. The molecule has 2 unspecified atom stereocenters. The summed E-state index contributed by atoms with van der Waals surface area (Å²) in [5, 5.41) is -1.06. The number of carbonyl (C=O) groups excluding carboxylic acids is 1. The summed E-state index contributed by atoms with van der Waals surface area (Å²) >= 11 is 12.3. The Labute approximate surface area is 147 Å². The monoisotopic (exact) mass is 388 g/mol. The average Bonchev–Trinajstić information content (AvgIpc) is 2.49. The molecule has 1 aliphatic carbocycles. The standard InChI is InChI=1S/C14H17Cl2F3N2O3/c1-23-13(22)7-5-21-11(4-8(7)14(17,18)19)24-12-9(15)2-6(20)3-10(12)16/h6,9-10,12H,2-5,20H2,1H3. The van der Waals surface area contributed by atoms with Gasteiger partial charge in [0.05, 0.1) is 42.0 Å². The van der Waals surface area contributed by atoms with Crippen LogP contribution in [0.2, 0.25) is 0 Å². The topological polar surface area (TPSA) is 73.9 Å². The fourth-order valence-electron chi connectivity index (χ4n) is 2.71. The van der Waals surface area contributed by atoms with E-state index in [2.05, 4.69) is 9.73 Å². The number of aliphatic imine (C=N–C) groups is 1. The largest absolute Gasteiger partial charge is 0.474 e. The number of ether oxygens (including phenoxy) is 2. The SMILES string of the molecule is COC(=O)C1=C(C(F)(F)F)CC(OC2C(Cl)CC(N)CC2Cl)=NC1. The molecule has 5 nitrogen and oxygen atoms in total. The number of nitrogens with zero attached hydrogens (tertiary/aromatic N) is 1. The van der Waals surface area contributed by atoms with Crippen molar-refractivity contribution in [1.82, 2.24) is 0 Å². The summed E-state index contributed by atoms with van der Waals surface area (Å²) in [6.07, 6.45) is -5.16. The molecule has 2 rings (SSSR count). The highest BCUT2D eigenvalue weighted by Gasteiger charge is 2.43. The van der Waals surface area contributed by atoms with E-state index in [9.17, 15) is 18.0 Å². The van der Waals surface area contributed by atoms with E-state index in [0.717, 1.165) is 7.11 Å². The van der Waals surface area contributed by atoms with Gasteiger partial charge >= 0.3 is 12.1 Å². The number of methoxy groups -OCH3 is 1. The Morgan fingerprint density at radius 2 is 1.88 bits per heavy atom. The van der Waals surface area contributed by atoms with Gasteiger partial charge in [0.2, 0.25) is 0 Å². The van der Waals surface area contributed by atoms with Crippen LogP contribution in [-0.4, -0.2) is 54.6 Å². The Morgan fingerprint density at radius 1 is 1.29 bits per heavy atom. The minimum absolute atomic E-state index is 0.147. The Balaban J connectivity index is 2.15. The Hall–Kier alpha value is -0.990. The van der Waals surface area contributed by atoms with Crippen LogP contribution in [0.25, 0.3) is 0 Å². The van der Waals surface area contributed by atoms with Crippen molar-refractivity contribution in [3.05, 3.63) is 11.1 Å². The zero-order chi connectivity index (χ0) is 18.1. The summed E-state index contributed by atoms with van der Waals surface area (Å²) in [5.74, 6) is -1.20. The van der Waals surface area contributed by atoms with Crippen LogP contribution < -0.4 is 5.73 Å². The third-order valence-corrected chi connectivity index (χ3v) is 4.77. The first-order valence-electron chi connectivity index (χ1n) is 7.24. The summed E-state index contributed by atoms with van der Waals surface area (Å²) < 4.78 is 49.5. The van der Waals surface area contributed by atoms with Gasteiger partial charge in [0.1, 0.15) is 6.10 Å². The van der Waals surface area contributed by atoms with Crippen LogP contribution in [-0.2, 0) is 14.3 Å². The molecule has 0 spiro atoms. The van der Waals surface area contributed by atoms with Gasteiger partial charge in [0.25, 0.3) is 0 Å². The average molecular weight is 389 g/mol. The predicted octanol–water partition coefficient (Wildman–Crippen LogP) is 2.54. The molecule has 0 bridgehead atoms. The third-order valence-electron chi connectivity index (χ3n) is 3.92. The lowest BCUT2D eigenvalue weighted by Gasteiger charge is -2.35. The second-order valence-corrected chi connectivity index (χ2v) is 6.80. The van der Waals surface area contributed by atoms with Crippen molar-refractivity contribution in [2.75, 3.05) is 13.7 Å². The quantitative estimate of drug-likeness (QED) is 0.582. The third kappa shape index (κ3) is 4.34. The van der Waals surface area contributed by atoms with Gasteiger partial charge in [0.15, 0.2) is 5.90 Å². The summed E-state index contributed by atoms with van der Waals surface area (Å²) in [6.45, 7) is -0.469. The highest BCUT2D eigenvalue weighted by molar-refractivity contribution is 6.24. The van der Waals surface area contributed by atoms with Crippen molar-refractivity contribution in [3.63, 3.8) is 0 Å². The molecule has 0 aromatic carbocycles. The van der Waals surface area contributed by atoms with E-state index in [1.807, 2.05) is 0 Å². The number of hydrogen-bond donors (Lipinski definition) is 1. The van der Waals surface area contributed by atoms with Crippen molar-refractivity contribution in [1.29, 1.82) is 0 Å². The van der Waals surface area contributed by atoms with Gasteiger partial charge < -0.3 is 15.2 Å². The molecular weight excluding hydrogens is 372 g/mol. The lowest BCUT2D eigenvalue weighted by molar-refractivity contribution is -0.137. The molecule has 1 heterocycles. The first-order chi connectivity index (χ1) is 11.1. The zero-order valence-corrected chi connectivity index (χ0v) is 14.3. The molecule has 0 radical (unpaired) electrons. The molecule has 1 fully saturated rings. The van der Waals surface area contributed by atoms with Crippen LogP contribution in [0.15, 0.2) is 16.1 Å². The van der Waals surface area contributed by atoms with E-state index in [4.69, 9.17) is 33.7 Å². The lowest BCUT2D eigenvalue weighted by Crippen LogP contribution is -2.47. The number of halogens is 5. The summed E-state index contributed by atoms with van der Waals surface area (Å²) in [4.78, 5) is 15.4. The summed E-state index contributed by atoms with van der Waals surface area (Å²) in [5.41, 5.74) is 4.25. The van der Waals surface area contributed by atoms with Crippen LogP contribution >= 0.6 is 23.2 Å². The molecule has 136 valence electrons. The molecule has 2 aliphatic rings. The van der Waals surface area contributed by atoms with Crippen LogP contribution in [0.4, 0.5) is 13.2 Å².